The Morgan fingerprint density at radius 2 is 1.96 bits per heavy atom. The SMILES string of the molecule is Cc1cc(CN=C(NCC(=O)N(C)C)NCC(C)C)ccc1Cl.I. The Morgan fingerprint density at radius 3 is 2.50 bits per heavy atom. The van der Waals surface area contributed by atoms with Crippen molar-refractivity contribution in [1.82, 2.24) is 15.5 Å². The minimum Gasteiger partial charge on any atom is -0.356 e. The highest BCUT2D eigenvalue weighted by Crippen LogP contribution is 2.16. The molecule has 136 valence electrons. The molecule has 0 aliphatic heterocycles. The molecule has 0 aliphatic carbocycles. The van der Waals surface area contributed by atoms with Crippen LogP contribution >= 0.6 is 35.6 Å². The van der Waals surface area contributed by atoms with E-state index in [2.05, 4.69) is 29.5 Å². The fourth-order valence-corrected chi connectivity index (χ4v) is 1.89. The van der Waals surface area contributed by atoms with Crippen LogP contribution in [0.5, 0.6) is 0 Å². The molecule has 1 aromatic carbocycles. The first-order valence-corrected chi connectivity index (χ1v) is 8.14. The maximum Gasteiger partial charge on any atom is 0.241 e. The lowest BCUT2D eigenvalue weighted by Gasteiger charge is -2.16. The summed E-state index contributed by atoms with van der Waals surface area (Å²) >= 11 is 6.04. The van der Waals surface area contributed by atoms with Gasteiger partial charge < -0.3 is 15.5 Å². The van der Waals surface area contributed by atoms with Crippen molar-refractivity contribution >= 4 is 47.4 Å². The first-order valence-electron chi connectivity index (χ1n) is 7.77. The number of hydrogen-bond acceptors (Lipinski definition) is 2. The predicted octanol–water partition coefficient (Wildman–Crippen LogP) is 3.05. The quantitative estimate of drug-likeness (QED) is 0.385. The highest BCUT2D eigenvalue weighted by molar-refractivity contribution is 14.0. The lowest BCUT2D eigenvalue weighted by atomic mass is 10.1. The number of likely N-dealkylation sites (N-methyl/N-ethyl adjacent to an activating group) is 1. The van der Waals surface area contributed by atoms with Crippen molar-refractivity contribution < 1.29 is 4.79 Å². The number of aliphatic imine (C=N–C) groups is 1. The third kappa shape index (κ3) is 8.73. The molecule has 24 heavy (non-hydrogen) atoms. The zero-order valence-corrected chi connectivity index (χ0v) is 18.1. The fourth-order valence-electron chi connectivity index (χ4n) is 1.77. The number of guanidine groups is 1. The van der Waals surface area contributed by atoms with Gasteiger partial charge in [-0.15, -0.1) is 24.0 Å². The second kappa shape index (κ2) is 11.5. The molecule has 5 nitrogen and oxygen atoms in total. The van der Waals surface area contributed by atoms with Gasteiger partial charge in [0, 0.05) is 25.7 Å². The van der Waals surface area contributed by atoms with E-state index in [-0.39, 0.29) is 36.4 Å². The third-order valence-corrected chi connectivity index (χ3v) is 3.65. The zero-order valence-electron chi connectivity index (χ0n) is 15.0. The third-order valence-electron chi connectivity index (χ3n) is 3.23. The average molecular weight is 467 g/mol. The first-order chi connectivity index (χ1) is 10.8. The van der Waals surface area contributed by atoms with Gasteiger partial charge in [0.15, 0.2) is 5.96 Å². The topological polar surface area (TPSA) is 56.7 Å². The molecule has 0 fully saturated rings. The van der Waals surface area contributed by atoms with Gasteiger partial charge in [-0.3, -0.25) is 4.79 Å². The summed E-state index contributed by atoms with van der Waals surface area (Å²) in [5.41, 5.74) is 2.11. The summed E-state index contributed by atoms with van der Waals surface area (Å²) in [7, 11) is 3.47. The summed E-state index contributed by atoms with van der Waals surface area (Å²) in [6.07, 6.45) is 0. The molecular formula is C17H28ClIN4O. The molecule has 0 heterocycles. The molecule has 0 radical (unpaired) electrons. The van der Waals surface area contributed by atoms with E-state index in [1.54, 1.807) is 19.0 Å². The van der Waals surface area contributed by atoms with Gasteiger partial charge in [0.1, 0.15) is 0 Å². The average Bonchev–Trinajstić information content (AvgIpc) is 2.49. The predicted molar refractivity (Wildman–Crippen MR) is 112 cm³/mol. The van der Waals surface area contributed by atoms with Gasteiger partial charge in [-0.2, -0.15) is 0 Å². The molecular weight excluding hydrogens is 439 g/mol. The van der Waals surface area contributed by atoms with Crippen LogP contribution in [-0.2, 0) is 11.3 Å². The molecule has 0 aliphatic rings. The van der Waals surface area contributed by atoms with Gasteiger partial charge >= 0.3 is 0 Å². The highest BCUT2D eigenvalue weighted by Gasteiger charge is 2.06. The second-order valence-corrected chi connectivity index (χ2v) is 6.57. The lowest BCUT2D eigenvalue weighted by molar-refractivity contribution is -0.127. The first kappa shape index (κ1) is 23.0. The monoisotopic (exact) mass is 466 g/mol. The number of nitrogens with zero attached hydrogens (tertiary/aromatic N) is 2. The standard InChI is InChI=1S/C17H27ClN4O.HI/c1-12(2)9-19-17(21-11-16(23)22(4)5)20-10-14-6-7-15(18)13(3)8-14;/h6-8,12H,9-11H2,1-5H3,(H2,19,20,21);1H. The summed E-state index contributed by atoms with van der Waals surface area (Å²) < 4.78 is 0. The highest BCUT2D eigenvalue weighted by atomic mass is 127. The Kier molecular flexibility index (Phi) is 11.0. The molecule has 0 spiro atoms. The van der Waals surface area contributed by atoms with Crippen LogP contribution in [0.25, 0.3) is 0 Å². The van der Waals surface area contributed by atoms with Crippen LogP contribution in [0.15, 0.2) is 23.2 Å². The van der Waals surface area contributed by atoms with E-state index in [0.717, 1.165) is 22.7 Å². The summed E-state index contributed by atoms with van der Waals surface area (Å²) in [6, 6.07) is 5.87. The van der Waals surface area contributed by atoms with Gasteiger partial charge in [0.05, 0.1) is 13.1 Å². The number of nitrogens with one attached hydrogen (secondary N) is 2. The molecule has 2 N–H and O–H groups in total. The van der Waals surface area contributed by atoms with E-state index >= 15 is 0 Å². The van der Waals surface area contributed by atoms with E-state index in [1.165, 1.54) is 0 Å². The molecule has 7 heteroatoms. The van der Waals surface area contributed by atoms with Crippen LogP contribution in [0.1, 0.15) is 25.0 Å². The number of amides is 1. The largest absolute Gasteiger partial charge is 0.356 e. The Hall–Kier alpha value is -1.02. The minimum atomic E-state index is 0. The molecule has 1 rings (SSSR count). The van der Waals surface area contributed by atoms with Crippen LogP contribution in [0.2, 0.25) is 5.02 Å². The second-order valence-electron chi connectivity index (χ2n) is 6.16. The van der Waals surface area contributed by atoms with Crippen LogP contribution in [0.3, 0.4) is 0 Å². The Morgan fingerprint density at radius 1 is 1.29 bits per heavy atom. The number of rotatable bonds is 6. The molecule has 0 unspecified atom stereocenters. The molecule has 1 amide bonds. The lowest BCUT2D eigenvalue weighted by Crippen LogP contribution is -2.44. The molecule has 0 saturated carbocycles. The fraction of sp³-hybridized carbons (Fsp3) is 0.529. The van der Waals surface area contributed by atoms with Gasteiger partial charge in [0.2, 0.25) is 5.91 Å². The van der Waals surface area contributed by atoms with Gasteiger partial charge in [-0.25, -0.2) is 4.99 Å². The van der Waals surface area contributed by atoms with E-state index < -0.39 is 0 Å². The van der Waals surface area contributed by atoms with Gasteiger partial charge in [-0.1, -0.05) is 37.6 Å². The molecule has 0 atom stereocenters. The minimum absolute atomic E-state index is 0. The number of carbonyl (C=O) groups excluding carboxylic acids is 1. The van der Waals surface area contributed by atoms with E-state index in [1.807, 2.05) is 25.1 Å². The Bertz CT molecular complexity index is 562. The molecule has 1 aromatic rings. The smallest absolute Gasteiger partial charge is 0.241 e. The molecule has 0 bridgehead atoms. The van der Waals surface area contributed by atoms with Crippen LogP contribution < -0.4 is 10.6 Å². The maximum atomic E-state index is 11.7. The number of carbonyl (C=O) groups is 1. The number of benzene rings is 1. The summed E-state index contributed by atoms with van der Waals surface area (Å²) in [5, 5.41) is 7.08. The van der Waals surface area contributed by atoms with Gasteiger partial charge in [0.25, 0.3) is 0 Å². The van der Waals surface area contributed by atoms with Crippen molar-refractivity contribution in [3.63, 3.8) is 0 Å². The molecule has 0 saturated heterocycles. The van der Waals surface area contributed by atoms with Crippen molar-refractivity contribution in [3.8, 4) is 0 Å². The Labute approximate surface area is 167 Å². The van der Waals surface area contributed by atoms with E-state index in [9.17, 15) is 4.79 Å². The number of aryl methyl sites for hydroxylation is 1. The van der Waals surface area contributed by atoms with Gasteiger partial charge in [-0.05, 0) is 30.0 Å². The van der Waals surface area contributed by atoms with E-state index in [0.29, 0.717) is 18.4 Å². The van der Waals surface area contributed by atoms with Crippen LogP contribution in [0, 0.1) is 12.8 Å². The summed E-state index contributed by atoms with van der Waals surface area (Å²) in [6.45, 7) is 7.76. The summed E-state index contributed by atoms with van der Waals surface area (Å²) in [4.78, 5) is 17.8. The number of hydrogen-bond donors (Lipinski definition) is 2. The van der Waals surface area contributed by atoms with Crippen molar-refractivity contribution in [2.45, 2.75) is 27.3 Å². The normalized spacial score (nSPS) is 11.0. The summed E-state index contributed by atoms with van der Waals surface area (Å²) in [5.74, 6) is 1.14. The van der Waals surface area contributed by atoms with Crippen molar-refractivity contribution in [3.05, 3.63) is 34.3 Å². The van der Waals surface area contributed by atoms with Crippen LogP contribution in [-0.4, -0.2) is 44.0 Å². The maximum absolute atomic E-state index is 11.7. The van der Waals surface area contributed by atoms with Crippen LogP contribution in [0.4, 0.5) is 0 Å². The number of halogens is 2. The van der Waals surface area contributed by atoms with Crippen molar-refractivity contribution in [1.29, 1.82) is 0 Å². The van der Waals surface area contributed by atoms with E-state index in [4.69, 9.17) is 11.6 Å². The molecule has 0 aromatic heterocycles. The zero-order chi connectivity index (χ0) is 17.4. The Balaban J connectivity index is 0.00000529. The van der Waals surface area contributed by atoms with Crippen molar-refractivity contribution in [2.75, 3.05) is 27.2 Å². The van der Waals surface area contributed by atoms with Crippen molar-refractivity contribution in [2.24, 2.45) is 10.9 Å².